The van der Waals surface area contributed by atoms with Crippen molar-refractivity contribution in [3.63, 3.8) is 0 Å². The topological polar surface area (TPSA) is 107 Å². The van der Waals surface area contributed by atoms with Crippen LogP contribution in [0.5, 0.6) is 0 Å². The van der Waals surface area contributed by atoms with Gasteiger partial charge in [-0.05, 0) is 62.3 Å². The fraction of sp³-hybridized carbons (Fsp3) is 0.480. The molecule has 0 spiro atoms. The molecule has 1 aliphatic heterocycles. The molecule has 10 heteroatoms. The van der Waals surface area contributed by atoms with Crippen LogP contribution in [0.1, 0.15) is 36.8 Å². The van der Waals surface area contributed by atoms with Gasteiger partial charge in [0.05, 0.1) is 16.8 Å². The Morgan fingerprint density at radius 1 is 1.09 bits per heavy atom. The summed E-state index contributed by atoms with van der Waals surface area (Å²) in [6.07, 6.45) is 2.87. The number of fused-ring (bicyclic) bond motifs is 1. The van der Waals surface area contributed by atoms with Crippen molar-refractivity contribution in [3.8, 4) is 5.69 Å². The maximum absolute atomic E-state index is 11.0. The Labute approximate surface area is 214 Å². The molecule has 9 nitrogen and oxygen atoms in total. The summed E-state index contributed by atoms with van der Waals surface area (Å²) in [5.41, 5.74) is 5.14. The number of aryl methyl sites for hydroxylation is 2. The molecule has 4 rings (SSSR count). The van der Waals surface area contributed by atoms with Crippen LogP contribution in [0.4, 0.5) is 23.3 Å². The van der Waals surface area contributed by atoms with E-state index in [1.807, 2.05) is 21.1 Å². The maximum atomic E-state index is 11.0. The zero-order valence-corrected chi connectivity index (χ0v) is 22.6. The molecule has 1 aromatic carbocycles. The molecule has 35 heavy (non-hydrogen) atoms. The molecule has 0 amide bonds. The van der Waals surface area contributed by atoms with E-state index in [9.17, 15) is 4.79 Å². The lowest BCUT2D eigenvalue weighted by molar-refractivity contribution is -0.137. The lowest BCUT2D eigenvalue weighted by Crippen LogP contribution is -2.34. The highest BCUT2D eigenvalue weighted by atomic mass is 79.9. The summed E-state index contributed by atoms with van der Waals surface area (Å²) in [4.78, 5) is 23.2. The number of nitrogens with zero attached hydrogens (tertiary/aromatic N) is 4. The molecule has 0 atom stereocenters. The average Bonchev–Trinajstić information content (AvgIpc) is 3.15. The van der Waals surface area contributed by atoms with Gasteiger partial charge in [0.1, 0.15) is 11.6 Å². The number of halogens is 1. The third kappa shape index (κ3) is 4.76. The number of rotatable bonds is 8. The zero-order chi connectivity index (χ0) is 25.3. The quantitative estimate of drug-likeness (QED) is 0.314. The number of carboxylic acid groups (broad SMARTS) is 1. The van der Waals surface area contributed by atoms with Crippen LogP contribution >= 0.6 is 15.9 Å². The van der Waals surface area contributed by atoms with Gasteiger partial charge in [0, 0.05) is 45.1 Å². The predicted octanol–water partition coefficient (Wildman–Crippen LogP) is 5.01. The summed E-state index contributed by atoms with van der Waals surface area (Å²) in [5.74, 6) is 2.09. The van der Waals surface area contributed by atoms with Gasteiger partial charge in [0.15, 0.2) is 5.65 Å². The largest absolute Gasteiger partial charge is 0.481 e. The van der Waals surface area contributed by atoms with Gasteiger partial charge < -0.3 is 26.0 Å². The second-order valence-corrected chi connectivity index (χ2v) is 10.0. The van der Waals surface area contributed by atoms with E-state index in [1.165, 1.54) is 0 Å². The van der Waals surface area contributed by atoms with Crippen molar-refractivity contribution >= 4 is 56.2 Å². The SMILES string of the molecule is CNc1nc(N2CCC(CCC(=O)O)CC2)c2c(NC)c(NC)n(-c3c(C)cc(Br)cc3C)c2n1. The van der Waals surface area contributed by atoms with Gasteiger partial charge in [0.25, 0.3) is 0 Å². The van der Waals surface area contributed by atoms with Gasteiger partial charge >= 0.3 is 5.97 Å². The molecule has 1 fully saturated rings. The van der Waals surface area contributed by atoms with Crippen LogP contribution in [-0.4, -0.2) is 59.8 Å². The Hall–Kier alpha value is -3.01. The molecule has 3 aromatic rings. The van der Waals surface area contributed by atoms with Crippen molar-refractivity contribution in [2.45, 2.75) is 39.5 Å². The molecular formula is C25H34BrN7O2. The van der Waals surface area contributed by atoms with Crippen molar-refractivity contribution in [3.05, 3.63) is 27.7 Å². The highest BCUT2D eigenvalue weighted by molar-refractivity contribution is 9.10. The highest BCUT2D eigenvalue weighted by Gasteiger charge is 2.29. The van der Waals surface area contributed by atoms with Crippen LogP contribution < -0.4 is 20.9 Å². The molecule has 1 aliphatic rings. The fourth-order valence-corrected chi connectivity index (χ4v) is 5.90. The molecule has 1 saturated heterocycles. The standard InChI is InChI=1S/C25H34BrN7O2/c1-14-12-17(26)13-15(2)21(14)33-23-19(20(27-3)24(33)28-4)22(30-25(29-5)31-23)32-10-8-16(9-11-32)6-7-18(34)35/h12-13,16,27-28H,6-11H2,1-5H3,(H,34,35)(H,29,30,31). The summed E-state index contributed by atoms with van der Waals surface area (Å²) in [7, 11) is 5.69. The summed E-state index contributed by atoms with van der Waals surface area (Å²) in [6.45, 7) is 5.89. The van der Waals surface area contributed by atoms with Crippen molar-refractivity contribution in [2.75, 3.05) is 55.1 Å². The van der Waals surface area contributed by atoms with Gasteiger partial charge in [-0.1, -0.05) is 15.9 Å². The summed E-state index contributed by atoms with van der Waals surface area (Å²) in [5, 5.41) is 20.0. The number of aliphatic carboxylic acids is 1. The minimum atomic E-state index is -0.721. The first-order chi connectivity index (χ1) is 16.8. The smallest absolute Gasteiger partial charge is 0.303 e. The Morgan fingerprint density at radius 2 is 1.74 bits per heavy atom. The number of hydrogen-bond acceptors (Lipinski definition) is 7. The fourth-order valence-electron chi connectivity index (χ4n) is 5.21. The Bertz CT molecular complexity index is 1230. The van der Waals surface area contributed by atoms with Crippen molar-refractivity contribution in [1.29, 1.82) is 0 Å². The van der Waals surface area contributed by atoms with Crippen LogP contribution in [0, 0.1) is 19.8 Å². The van der Waals surface area contributed by atoms with Gasteiger partial charge in [-0.2, -0.15) is 9.97 Å². The van der Waals surface area contributed by atoms with Crippen molar-refractivity contribution < 1.29 is 9.90 Å². The maximum Gasteiger partial charge on any atom is 0.303 e. The van der Waals surface area contributed by atoms with Crippen LogP contribution in [0.25, 0.3) is 16.7 Å². The first-order valence-electron chi connectivity index (χ1n) is 12.0. The van der Waals surface area contributed by atoms with E-state index in [4.69, 9.17) is 15.1 Å². The molecular weight excluding hydrogens is 510 g/mol. The van der Waals surface area contributed by atoms with E-state index in [0.717, 1.165) is 82.0 Å². The highest BCUT2D eigenvalue weighted by Crippen LogP contribution is 2.43. The van der Waals surface area contributed by atoms with E-state index in [0.29, 0.717) is 11.9 Å². The number of anilines is 4. The predicted molar refractivity (Wildman–Crippen MR) is 146 cm³/mol. The number of hydrogen-bond donors (Lipinski definition) is 4. The minimum Gasteiger partial charge on any atom is -0.481 e. The lowest BCUT2D eigenvalue weighted by atomic mass is 9.92. The number of benzene rings is 1. The zero-order valence-electron chi connectivity index (χ0n) is 21.0. The molecule has 2 aromatic heterocycles. The first-order valence-corrected chi connectivity index (χ1v) is 12.8. The van der Waals surface area contributed by atoms with E-state index in [1.54, 1.807) is 0 Å². The molecule has 0 aliphatic carbocycles. The van der Waals surface area contributed by atoms with Crippen LogP contribution in [-0.2, 0) is 4.79 Å². The number of carboxylic acids is 1. The monoisotopic (exact) mass is 543 g/mol. The van der Waals surface area contributed by atoms with Gasteiger partial charge in [0.2, 0.25) is 5.95 Å². The molecule has 0 saturated carbocycles. The van der Waals surface area contributed by atoms with Crippen LogP contribution in [0.15, 0.2) is 16.6 Å². The van der Waals surface area contributed by atoms with Gasteiger partial charge in [-0.15, -0.1) is 0 Å². The van der Waals surface area contributed by atoms with Crippen molar-refractivity contribution in [2.24, 2.45) is 5.92 Å². The Balaban J connectivity index is 1.88. The number of nitrogens with one attached hydrogen (secondary N) is 3. The summed E-state index contributed by atoms with van der Waals surface area (Å²) < 4.78 is 3.23. The van der Waals surface area contributed by atoms with E-state index >= 15 is 0 Å². The van der Waals surface area contributed by atoms with E-state index < -0.39 is 5.97 Å². The number of aromatic nitrogens is 3. The van der Waals surface area contributed by atoms with Gasteiger partial charge in [-0.3, -0.25) is 9.36 Å². The first kappa shape index (κ1) is 25.1. The van der Waals surface area contributed by atoms with E-state index in [2.05, 4.69) is 67.3 Å². The Morgan fingerprint density at radius 3 is 2.29 bits per heavy atom. The molecule has 0 radical (unpaired) electrons. The normalized spacial score (nSPS) is 14.4. The molecule has 188 valence electrons. The minimum absolute atomic E-state index is 0.233. The second-order valence-electron chi connectivity index (χ2n) is 9.13. The van der Waals surface area contributed by atoms with Crippen molar-refractivity contribution in [1.82, 2.24) is 14.5 Å². The lowest BCUT2D eigenvalue weighted by Gasteiger charge is -2.33. The Kier molecular flexibility index (Phi) is 7.39. The number of piperidine rings is 1. The second kappa shape index (κ2) is 10.3. The molecule has 0 bridgehead atoms. The third-order valence-electron chi connectivity index (χ3n) is 6.86. The van der Waals surface area contributed by atoms with Gasteiger partial charge in [-0.25, -0.2) is 0 Å². The average molecular weight is 544 g/mol. The van der Waals surface area contributed by atoms with E-state index in [-0.39, 0.29) is 6.42 Å². The summed E-state index contributed by atoms with van der Waals surface area (Å²) in [6, 6.07) is 4.24. The third-order valence-corrected chi connectivity index (χ3v) is 7.32. The summed E-state index contributed by atoms with van der Waals surface area (Å²) >= 11 is 3.62. The molecule has 0 unspecified atom stereocenters. The number of carbonyl (C=O) groups is 1. The van der Waals surface area contributed by atoms with Crippen LogP contribution in [0.2, 0.25) is 0 Å². The molecule has 4 N–H and O–H groups in total. The molecule has 3 heterocycles. The van der Waals surface area contributed by atoms with Crippen LogP contribution in [0.3, 0.4) is 0 Å².